The lowest BCUT2D eigenvalue weighted by molar-refractivity contribution is -0.150. The number of aryl methyl sites for hydroxylation is 1. The summed E-state index contributed by atoms with van der Waals surface area (Å²) < 4.78 is 11.5. The Hall–Kier alpha value is -3.96. The lowest BCUT2D eigenvalue weighted by atomic mass is 10.0. The molecule has 1 amide bonds. The number of carbonyl (C=O) groups is 2. The maximum Gasteiger partial charge on any atom is 0.333 e. The van der Waals surface area contributed by atoms with Crippen LogP contribution in [0.25, 0.3) is 0 Å². The first-order valence-corrected chi connectivity index (χ1v) is 12.5. The number of hydrogen-bond acceptors (Lipinski definition) is 9. The maximum absolute atomic E-state index is 12.4. The van der Waals surface area contributed by atoms with Crippen LogP contribution < -0.4 is 15.4 Å². The number of rotatable bonds is 10. The van der Waals surface area contributed by atoms with Gasteiger partial charge in [0.2, 0.25) is 0 Å². The van der Waals surface area contributed by atoms with Gasteiger partial charge in [-0.3, -0.25) is 4.79 Å². The van der Waals surface area contributed by atoms with Crippen molar-refractivity contribution in [1.29, 1.82) is 0 Å². The second kappa shape index (κ2) is 11.0. The number of hydrogen-bond donors (Lipinski definition) is 4. The first-order valence-electron chi connectivity index (χ1n) is 11.7. The molecule has 3 aromatic rings. The van der Waals surface area contributed by atoms with Crippen LogP contribution in [0.3, 0.4) is 0 Å². The van der Waals surface area contributed by atoms with Gasteiger partial charge in [0.05, 0.1) is 16.6 Å². The Morgan fingerprint density at radius 2 is 1.97 bits per heavy atom. The van der Waals surface area contributed by atoms with Crippen LogP contribution in [0.2, 0.25) is 0 Å². The molecule has 1 aliphatic rings. The number of benzene rings is 1. The van der Waals surface area contributed by atoms with Gasteiger partial charge in [0.15, 0.2) is 17.6 Å². The van der Waals surface area contributed by atoms with Crippen LogP contribution in [0.1, 0.15) is 46.5 Å². The van der Waals surface area contributed by atoms with E-state index in [0.29, 0.717) is 22.9 Å². The molecular weight excluding hydrogens is 496 g/mol. The minimum absolute atomic E-state index is 0.261. The second-order valence-electron chi connectivity index (χ2n) is 8.54. The van der Waals surface area contributed by atoms with Crippen molar-refractivity contribution in [2.75, 3.05) is 6.61 Å². The molecule has 0 fully saturated rings. The van der Waals surface area contributed by atoms with E-state index in [1.165, 1.54) is 17.7 Å². The molecule has 0 aliphatic carbocycles. The summed E-state index contributed by atoms with van der Waals surface area (Å²) in [5, 5.41) is 25.4. The molecule has 3 atom stereocenters. The third-order valence-electron chi connectivity index (χ3n) is 5.86. The number of ether oxygens (including phenoxy) is 2. The van der Waals surface area contributed by atoms with Crippen LogP contribution in [-0.4, -0.2) is 44.8 Å². The molecule has 194 valence electrons. The minimum atomic E-state index is -1.27. The molecule has 10 nitrogen and oxygen atoms in total. The summed E-state index contributed by atoms with van der Waals surface area (Å²) in [7, 11) is 0. The maximum atomic E-state index is 12.4. The van der Waals surface area contributed by atoms with Crippen LogP contribution in [0, 0.1) is 6.92 Å². The quantitative estimate of drug-likeness (QED) is 0.314. The average Bonchev–Trinajstić information content (AvgIpc) is 3.27. The Morgan fingerprint density at radius 1 is 1.22 bits per heavy atom. The number of nitrogens with zero attached hydrogens (tertiary/aromatic N) is 2. The third kappa shape index (κ3) is 5.73. The molecule has 0 radical (unpaired) electrons. The molecule has 0 saturated heterocycles. The molecule has 37 heavy (non-hydrogen) atoms. The van der Waals surface area contributed by atoms with Crippen LogP contribution >= 0.6 is 11.3 Å². The zero-order chi connectivity index (χ0) is 26.6. The van der Waals surface area contributed by atoms with Crippen molar-refractivity contribution in [3.05, 3.63) is 87.5 Å². The molecule has 0 bridgehead atoms. The normalized spacial score (nSPS) is 18.8. The van der Waals surface area contributed by atoms with Gasteiger partial charge in [-0.1, -0.05) is 12.1 Å². The van der Waals surface area contributed by atoms with E-state index in [1.54, 1.807) is 31.3 Å². The molecule has 4 N–H and O–H groups in total. The zero-order valence-electron chi connectivity index (χ0n) is 20.6. The highest BCUT2D eigenvalue weighted by Gasteiger charge is 2.42. The number of carbonyl (C=O) groups excluding carboxylic acids is 1. The molecule has 1 aliphatic heterocycles. The summed E-state index contributed by atoms with van der Waals surface area (Å²) >= 11 is 1.43. The predicted molar refractivity (Wildman–Crippen MR) is 136 cm³/mol. The Bertz CT molecular complexity index is 1290. The number of aliphatic hydroxyl groups is 1. The first kappa shape index (κ1) is 26.1. The smallest absolute Gasteiger partial charge is 0.333 e. The third-order valence-corrected chi connectivity index (χ3v) is 7.37. The molecule has 11 heteroatoms. The average molecular weight is 525 g/mol. The molecule has 2 aromatic heterocycles. The van der Waals surface area contributed by atoms with Gasteiger partial charge in [-0.15, -0.1) is 11.3 Å². The molecule has 0 saturated carbocycles. The van der Waals surface area contributed by atoms with E-state index < -0.39 is 23.6 Å². The summed E-state index contributed by atoms with van der Waals surface area (Å²) in [6, 6.07) is 10.8. The number of thiophene rings is 1. The zero-order valence-corrected chi connectivity index (χ0v) is 21.4. The van der Waals surface area contributed by atoms with Gasteiger partial charge in [0, 0.05) is 24.1 Å². The predicted octanol–water partition coefficient (Wildman–Crippen LogP) is 3.34. The van der Waals surface area contributed by atoms with Crippen molar-refractivity contribution in [3.8, 4) is 5.75 Å². The van der Waals surface area contributed by atoms with E-state index in [4.69, 9.17) is 9.47 Å². The van der Waals surface area contributed by atoms with E-state index in [0.717, 1.165) is 22.1 Å². The van der Waals surface area contributed by atoms with Gasteiger partial charge < -0.3 is 30.3 Å². The number of carboxylic acids is 1. The minimum Gasteiger partial charge on any atom is -0.495 e. The van der Waals surface area contributed by atoms with Gasteiger partial charge >= 0.3 is 5.97 Å². The summed E-state index contributed by atoms with van der Waals surface area (Å²) in [5.74, 6) is -1.09. The molecule has 3 unspecified atom stereocenters. The van der Waals surface area contributed by atoms with Crippen LogP contribution in [-0.2, 0) is 26.4 Å². The van der Waals surface area contributed by atoms with Gasteiger partial charge in [-0.25, -0.2) is 14.8 Å². The molecule has 0 spiro atoms. The van der Waals surface area contributed by atoms with Gasteiger partial charge in [-0.2, -0.15) is 0 Å². The number of aromatic nitrogens is 2. The molecule has 4 rings (SSSR count). The van der Waals surface area contributed by atoms with E-state index in [-0.39, 0.29) is 18.4 Å². The highest BCUT2D eigenvalue weighted by molar-refractivity contribution is 7.12. The number of nitrogens with one attached hydrogen (secondary N) is 2. The Labute approximate surface area is 218 Å². The largest absolute Gasteiger partial charge is 0.495 e. The van der Waals surface area contributed by atoms with Gasteiger partial charge in [-0.05, 0) is 56.2 Å². The van der Waals surface area contributed by atoms with Gasteiger partial charge in [0.1, 0.15) is 18.2 Å². The summed E-state index contributed by atoms with van der Waals surface area (Å²) in [4.78, 5) is 33.7. The van der Waals surface area contributed by atoms with Crippen LogP contribution in [0.4, 0.5) is 0 Å². The van der Waals surface area contributed by atoms with Gasteiger partial charge in [0.25, 0.3) is 5.91 Å². The van der Waals surface area contributed by atoms with Crippen molar-refractivity contribution in [1.82, 2.24) is 20.6 Å². The number of carboxylic acid groups (broad SMARTS) is 1. The number of aliphatic carboxylic acids is 1. The monoisotopic (exact) mass is 524 g/mol. The summed E-state index contributed by atoms with van der Waals surface area (Å²) in [6.45, 7) is 5.96. The SMILES string of the molecule is CCOC(Cc1ccc(OC(C)c2sc(C3(c4ccncn4)NC(=O)C=C(O)N3)cc2C)cc1)C(=O)O. The lowest BCUT2D eigenvalue weighted by Gasteiger charge is -2.36. The van der Waals surface area contributed by atoms with E-state index >= 15 is 0 Å². The van der Waals surface area contributed by atoms with Crippen molar-refractivity contribution in [3.63, 3.8) is 0 Å². The summed E-state index contributed by atoms with van der Waals surface area (Å²) in [5.41, 5.74) is 0.979. The highest BCUT2D eigenvalue weighted by atomic mass is 32.1. The Morgan fingerprint density at radius 3 is 2.59 bits per heavy atom. The molecule has 3 heterocycles. The van der Waals surface area contributed by atoms with E-state index in [2.05, 4.69) is 20.6 Å². The highest BCUT2D eigenvalue weighted by Crippen LogP contribution is 2.39. The topological polar surface area (TPSA) is 143 Å². The first-order chi connectivity index (χ1) is 17.7. The van der Waals surface area contributed by atoms with Crippen molar-refractivity contribution in [2.45, 2.75) is 45.1 Å². The van der Waals surface area contributed by atoms with Crippen molar-refractivity contribution >= 4 is 23.2 Å². The fourth-order valence-corrected chi connectivity index (χ4v) is 5.44. The van der Waals surface area contributed by atoms with E-state index in [1.807, 2.05) is 32.0 Å². The standard InChI is InChI=1S/C26H28N4O6S/c1-4-35-19(25(33)34)12-17-5-7-18(8-6-17)36-16(3)24-15(2)11-21(37-24)26(20-9-10-27-14-28-20)29-22(31)13-23(32)30-26/h5-11,13-14,16,19,29,31H,4,12H2,1-3H3,(H,30,32)(H,33,34). The Kier molecular flexibility index (Phi) is 7.74. The van der Waals surface area contributed by atoms with Crippen LogP contribution in [0.5, 0.6) is 5.75 Å². The lowest BCUT2D eigenvalue weighted by Crippen LogP contribution is -2.59. The van der Waals surface area contributed by atoms with Crippen LogP contribution in [0.15, 0.2) is 60.9 Å². The van der Waals surface area contributed by atoms with Crippen molar-refractivity contribution in [2.24, 2.45) is 0 Å². The number of aliphatic hydroxyl groups excluding tert-OH is 1. The Balaban J connectivity index is 1.56. The van der Waals surface area contributed by atoms with Crippen molar-refractivity contribution < 1.29 is 29.3 Å². The summed E-state index contributed by atoms with van der Waals surface area (Å²) in [6.07, 6.45) is 3.06. The fraction of sp³-hybridized carbons (Fsp3) is 0.308. The number of amides is 1. The fourth-order valence-electron chi connectivity index (χ4n) is 4.17. The molecular formula is C26H28N4O6S. The van der Waals surface area contributed by atoms with E-state index in [9.17, 15) is 19.8 Å². The molecule has 1 aromatic carbocycles. The second-order valence-corrected chi connectivity index (χ2v) is 9.62.